The van der Waals surface area contributed by atoms with Gasteiger partial charge in [0.1, 0.15) is 18.1 Å². The summed E-state index contributed by atoms with van der Waals surface area (Å²) in [5, 5.41) is 11.2. The molecular formula is C23H21BrN4O3. The van der Waals surface area contributed by atoms with Crippen molar-refractivity contribution in [3.8, 4) is 5.75 Å². The van der Waals surface area contributed by atoms with Gasteiger partial charge in [-0.3, -0.25) is 9.48 Å². The molecule has 0 unspecified atom stereocenters. The Hall–Kier alpha value is -3.39. The van der Waals surface area contributed by atoms with Crippen LogP contribution >= 0.6 is 15.9 Å². The standard InChI is InChI=1S/C23H21BrN4O3/c1-15-12-21(26-28(15)13-17-8-10-18(24)11-9-17)25-23(29)22-20(16(2)31-27-22)14-30-19-6-4-3-5-7-19/h3-12H,13-14H2,1-2H3,(H,25,26,29). The molecule has 1 N–H and O–H groups in total. The molecule has 8 heteroatoms. The van der Waals surface area contributed by atoms with Gasteiger partial charge >= 0.3 is 0 Å². The van der Waals surface area contributed by atoms with Crippen LogP contribution in [-0.2, 0) is 13.2 Å². The van der Waals surface area contributed by atoms with Crippen molar-refractivity contribution in [1.82, 2.24) is 14.9 Å². The SMILES string of the molecule is Cc1onc(C(=O)Nc2cc(C)n(Cc3ccc(Br)cc3)n2)c1COc1ccccc1. The number of amides is 1. The number of rotatable bonds is 7. The zero-order valence-electron chi connectivity index (χ0n) is 17.1. The fourth-order valence-electron chi connectivity index (χ4n) is 3.08. The van der Waals surface area contributed by atoms with E-state index in [1.807, 2.05) is 72.3 Å². The second kappa shape index (κ2) is 9.18. The lowest BCUT2D eigenvalue weighted by Crippen LogP contribution is -2.16. The smallest absolute Gasteiger partial charge is 0.279 e. The Morgan fingerprint density at radius 1 is 1.13 bits per heavy atom. The van der Waals surface area contributed by atoms with Crippen LogP contribution in [0.25, 0.3) is 0 Å². The highest BCUT2D eigenvalue weighted by atomic mass is 79.9. The molecule has 31 heavy (non-hydrogen) atoms. The molecule has 0 fully saturated rings. The highest BCUT2D eigenvalue weighted by molar-refractivity contribution is 9.10. The van der Waals surface area contributed by atoms with Crippen LogP contribution in [0, 0.1) is 13.8 Å². The van der Waals surface area contributed by atoms with Crippen molar-refractivity contribution >= 4 is 27.7 Å². The number of carbonyl (C=O) groups excluding carboxylic acids is 1. The van der Waals surface area contributed by atoms with Crippen molar-refractivity contribution in [1.29, 1.82) is 0 Å². The Kier molecular flexibility index (Phi) is 6.18. The van der Waals surface area contributed by atoms with Crippen LogP contribution in [0.2, 0.25) is 0 Å². The van der Waals surface area contributed by atoms with Gasteiger partial charge in [0.2, 0.25) is 0 Å². The lowest BCUT2D eigenvalue weighted by Gasteiger charge is -2.06. The first-order valence-electron chi connectivity index (χ1n) is 9.73. The molecule has 0 aliphatic rings. The van der Waals surface area contributed by atoms with Crippen LogP contribution in [0.5, 0.6) is 5.75 Å². The predicted molar refractivity (Wildman–Crippen MR) is 120 cm³/mol. The third-order valence-corrected chi connectivity index (χ3v) is 5.32. The van der Waals surface area contributed by atoms with E-state index in [0.717, 1.165) is 15.7 Å². The minimum Gasteiger partial charge on any atom is -0.489 e. The number of para-hydroxylation sites is 1. The molecule has 7 nitrogen and oxygen atoms in total. The average molecular weight is 481 g/mol. The van der Waals surface area contributed by atoms with E-state index in [4.69, 9.17) is 9.26 Å². The summed E-state index contributed by atoms with van der Waals surface area (Å²) < 4.78 is 13.9. The molecule has 0 bridgehead atoms. The van der Waals surface area contributed by atoms with E-state index < -0.39 is 5.91 Å². The van der Waals surface area contributed by atoms with E-state index in [-0.39, 0.29) is 12.3 Å². The zero-order chi connectivity index (χ0) is 21.8. The number of anilines is 1. The Morgan fingerprint density at radius 3 is 2.61 bits per heavy atom. The minimum absolute atomic E-state index is 0.180. The lowest BCUT2D eigenvalue weighted by molar-refractivity contribution is 0.101. The number of aryl methyl sites for hydroxylation is 2. The van der Waals surface area contributed by atoms with Gasteiger partial charge in [0.15, 0.2) is 11.5 Å². The quantitative estimate of drug-likeness (QED) is 0.396. The monoisotopic (exact) mass is 480 g/mol. The van der Waals surface area contributed by atoms with Crippen LogP contribution in [0.15, 0.2) is 69.7 Å². The van der Waals surface area contributed by atoms with Gasteiger partial charge < -0.3 is 14.6 Å². The first-order valence-corrected chi connectivity index (χ1v) is 10.5. The van der Waals surface area contributed by atoms with Crippen molar-refractivity contribution < 1.29 is 14.1 Å². The lowest BCUT2D eigenvalue weighted by atomic mass is 10.2. The van der Waals surface area contributed by atoms with Gasteiger partial charge in [-0.1, -0.05) is 51.4 Å². The maximum atomic E-state index is 12.8. The third kappa shape index (κ3) is 5.03. The molecular weight excluding hydrogens is 460 g/mol. The fraction of sp³-hybridized carbons (Fsp3) is 0.174. The number of nitrogens with zero attached hydrogens (tertiary/aromatic N) is 3. The highest BCUT2D eigenvalue weighted by Crippen LogP contribution is 2.20. The summed E-state index contributed by atoms with van der Waals surface area (Å²) >= 11 is 3.44. The molecule has 2 aromatic carbocycles. The first kappa shape index (κ1) is 20.9. The molecule has 0 atom stereocenters. The van der Waals surface area contributed by atoms with Gasteiger partial charge in [0.25, 0.3) is 5.91 Å². The van der Waals surface area contributed by atoms with Gasteiger partial charge in [0, 0.05) is 16.2 Å². The average Bonchev–Trinajstić information content (AvgIpc) is 3.30. The minimum atomic E-state index is -0.392. The fourth-order valence-corrected chi connectivity index (χ4v) is 3.35. The van der Waals surface area contributed by atoms with Crippen LogP contribution in [0.4, 0.5) is 5.82 Å². The van der Waals surface area contributed by atoms with Crippen molar-refractivity contribution in [2.45, 2.75) is 27.0 Å². The second-order valence-electron chi connectivity index (χ2n) is 7.08. The summed E-state index contributed by atoms with van der Waals surface area (Å²) in [6.45, 7) is 4.48. The van der Waals surface area contributed by atoms with Crippen molar-refractivity contribution in [2.75, 3.05) is 5.32 Å². The van der Waals surface area contributed by atoms with Gasteiger partial charge in [-0.25, -0.2) is 0 Å². The summed E-state index contributed by atoms with van der Waals surface area (Å²) in [7, 11) is 0. The molecule has 1 amide bonds. The molecule has 4 aromatic rings. The van der Waals surface area contributed by atoms with Gasteiger partial charge in [-0.05, 0) is 43.7 Å². The first-order chi connectivity index (χ1) is 15.0. The Labute approximate surface area is 188 Å². The van der Waals surface area contributed by atoms with Gasteiger partial charge in [0.05, 0.1) is 12.1 Å². The number of carbonyl (C=O) groups is 1. The molecule has 4 rings (SSSR count). The summed E-state index contributed by atoms with van der Waals surface area (Å²) in [5.74, 6) is 1.31. The van der Waals surface area contributed by atoms with Gasteiger partial charge in [-0.15, -0.1) is 0 Å². The molecule has 0 aliphatic heterocycles. The third-order valence-electron chi connectivity index (χ3n) is 4.79. The number of ether oxygens (including phenoxy) is 1. The molecule has 0 saturated carbocycles. The summed E-state index contributed by atoms with van der Waals surface area (Å²) in [4.78, 5) is 12.8. The largest absolute Gasteiger partial charge is 0.489 e. The number of hydrogen-bond acceptors (Lipinski definition) is 5. The van der Waals surface area contributed by atoms with Crippen LogP contribution in [0.1, 0.15) is 33.1 Å². The molecule has 0 saturated heterocycles. The van der Waals surface area contributed by atoms with E-state index in [9.17, 15) is 4.79 Å². The van der Waals surface area contributed by atoms with Crippen LogP contribution in [-0.4, -0.2) is 20.8 Å². The summed E-state index contributed by atoms with van der Waals surface area (Å²) in [6.07, 6.45) is 0. The predicted octanol–water partition coefficient (Wildman–Crippen LogP) is 5.13. The van der Waals surface area contributed by atoms with E-state index in [1.54, 1.807) is 6.92 Å². The number of aromatic nitrogens is 3. The zero-order valence-corrected chi connectivity index (χ0v) is 18.7. The van der Waals surface area contributed by atoms with Gasteiger partial charge in [-0.2, -0.15) is 5.10 Å². The van der Waals surface area contributed by atoms with Crippen LogP contribution < -0.4 is 10.1 Å². The van der Waals surface area contributed by atoms with E-state index in [1.165, 1.54) is 0 Å². The summed E-state index contributed by atoms with van der Waals surface area (Å²) in [6, 6.07) is 19.2. The van der Waals surface area contributed by atoms with E-state index in [2.05, 4.69) is 31.5 Å². The summed E-state index contributed by atoms with van der Waals surface area (Å²) in [5.41, 5.74) is 2.84. The van der Waals surface area contributed by atoms with Crippen molar-refractivity contribution in [2.24, 2.45) is 0 Å². The topological polar surface area (TPSA) is 82.2 Å². The van der Waals surface area contributed by atoms with Crippen LogP contribution in [0.3, 0.4) is 0 Å². The molecule has 2 aromatic heterocycles. The Balaban J connectivity index is 1.46. The number of nitrogens with one attached hydrogen (secondary N) is 1. The maximum Gasteiger partial charge on any atom is 0.279 e. The van der Waals surface area contributed by atoms with Crippen molar-refractivity contribution in [3.63, 3.8) is 0 Å². The van der Waals surface area contributed by atoms with Crippen molar-refractivity contribution in [3.05, 3.63) is 93.4 Å². The highest BCUT2D eigenvalue weighted by Gasteiger charge is 2.21. The molecule has 0 radical (unpaired) electrons. The Bertz CT molecular complexity index is 1180. The number of benzene rings is 2. The molecule has 158 valence electrons. The van der Waals surface area contributed by atoms with E-state index in [0.29, 0.717) is 29.4 Å². The maximum absolute atomic E-state index is 12.8. The molecule has 0 spiro atoms. The van der Waals surface area contributed by atoms with E-state index >= 15 is 0 Å². The normalized spacial score (nSPS) is 10.8. The molecule has 0 aliphatic carbocycles. The number of hydrogen-bond donors (Lipinski definition) is 1. The molecule has 2 heterocycles. The Morgan fingerprint density at radius 2 is 1.87 bits per heavy atom. The number of halogens is 1. The second-order valence-corrected chi connectivity index (χ2v) is 7.99.